The van der Waals surface area contributed by atoms with Gasteiger partial charge in [-0.25, -0.2) is 0 Å². The number of benzene rings is 1. The quantitative estimate of drug-likeness (QED) is 0.638. The molecule has 66 valence electrons. The fourth-order valence-corrected chi connectivity index (χ4v) is 1.11. The molecule has 0 aliphatic rings. The highest BCUT2D eigenvalue weighted by Crippen LogP contribution is 2.09. The molecule has 0 saturated heterocycles. The Hall–Kier alpha value is -1.75. The molecule has 0 radical (unpaired) electrons. The van der Waals surface area contributed by atoms with E-state index in [1.807, 2.05) is 6.92 Å². The number of rotatable bonds is 1. The summed E-state index contributed by atoms with van der Waals surface area (Å²) in [7, 11) is 1.60. The van der Waals surface area contributed by atoms with Crippen LogP contribution in [0.1, 0.15) is 21.5 Å². The van der Waals surface area contributed by atoms with Gasteiger partial charge in [-0.3, -0.25) is 4.79 Å². The van der Waals surface area contributed by atoms with Crippen molar-refractivity contribution in [2.45, 2.75) is 6.92 Å². The van der Waals surface area contributed by atoms with Gasteiger partial charge < -0.3 is 5.32 Å². The third-order valence-corrected chi connectivity index (χ3v) is 1.87. The topological polar surface area (TPSA) is 29.1 Å². The number of aryl methyl sites for hydroxylation is 1. The van der Waals surface area contributed by atoms with Gasteiger partial charge in [0.1, 0.15) is 0 Å². The molecule has 0 aromatic heterocycles. The Morgan fingerprint density at radius 1 is 1.54 bits per heavy atom. The smallest absolute Gasteiger partial charge is 0.251 e. The van der Waals surface area contributed by atoms with Gasteiger partial charge in [-0.2, -0.15) is 0 Å². The molecule has 13 heavy (non-hydrogen) atoms. The van der Waals surface area contributed by atoms with Gasteiger partial charge in [0.05, 0.1) is 0 Å². The van der Waals surface area contributed by atoms with Gasteiger partial charge in [-0.1, -0.05) is 5.92 Å². The molecule has 1 N–H and O–H groups in total. The van der Waals surface area contributed by atoms with Crippen LogP contribution in [0, 0.1) is 19.3 Å². The molecule has 0 spiro atoms. The van der Waals surface area contributed by atoms with Crippen LogP contribution in [0.25, 0.3) is 0 Å². The molecule has 0 fully saturated rings. The molecule has 0 saturated carbocycles. The van der Waals surface area contributed by atoms with E-state index in [0.717, 1.165) is 11.1 Å². The summed E-state index contributed by atoms with van der Waals surface area (Å²) in [5.41, 5.74) is 2.41. The van der Waals surface area contributed by atoms with E-state index in [4.69, 9.17) is 6.42 Å². The monoisotopic (exact) mass is 173 g/mol. The van der Waals surface area contributed by atoms with Gasteiger partial charge in [-0.15, -0.1) is 6.42 Å². The summed E-state index contributed by atoms with van der Waals surface area (Å²) in [5.74, 6) is 2.46. The molecule has 2 nitrogen and oxygen atoms in total. The minimum absolute atomic E-state index is 0.0910. The molecule has 0 aliphatic carbocycles. The van der Waals surface area contributed by atoms with Crippen molar-refractivity contribution in [3.8, 4) is 12.3 Å². The Bertz CT molecular complexity index is 374. The zero-order valence-corrected chi connectivity index (χ0v) is 7.72. The van der Waals surface area contributed by atoms with Crippen LogP contribution in [0.3, 0.4) is 0 Å². The van der Waals surface area contributed by atoms with Gasteiger partial charge in [-0.05, 0) is 30.7 Å². The fraction of sp³-hybridized carbons (Fsp3) is 0.182. The first-order chi connectivity index (χ1) is 6.19. The molecular formula is C11H11NO. The number of carbonyl (C=O) groups is 1. The number of carbonyl (C=O) groups excluding carboxylic acids is 1. The van der Waals surface area contributed by atoms with Crippen LogP contribution in [0.5, 0.6) is 0 Å². The predicted octanol–water partition coefficient (Wildman–Crippen LogP) is 1.34. The zero-order valence-electron chi connectivity index (χ0n) is 7.72. The molecule has 1 aromatic rings. The summed E-state index contributed by atoms with van der Waals surface area (Å²) in [5, 5.41) is 2.56. The summed E-state index contributed by atoms with van der Waals surface area (Å²) in [4.78, 5) is 11.2. The van der Waals surface area contributed by atoms with Crippen molar-refractivity contribution in [2.24, 2.45) is 0 Å². The zero-order chi connectivity index (χ0) is 9.84. The normalized spacial score (nSPS) is 9.00. The number of amides is 1. The van der Waals surface area contributed by atoms with E-state index in [9.17, 15) is 4.79 Å². The van der Waals surface area contributed by atoms with Crippen molar-refractivity contribution in [1.29, 1.82) is 0 Å². The summed E-state index contributed by atoms with van der Waals surface area (Å²) in [6.07, 6.45) is 5.26. The van der Waals surface area contributed by atoms with E-state index in [2.05, 4.69) is 11.2 Å². The number of hydrogen-bond donors (Lipinski definition) is 1. The number of terminal acetylenes is 1. The van der Waals surface area contributed by atoms with Crippen molar-refractivity contribution in [3.05, 3.63) is 34.9 Å². The van der Waals surface area contributed by atoms with Crippen molar-refractivity contribution < 1.29 is 4.79 Å². The maximum Gasteiger partial charge on any atom is 0.251 e. The van der Waals surface area contributed by atoms with Crippen molar-refractivity contribution >= 4 is 5.91 Å². The SMILES string of the molecule is C#Cc1ccc(C(=O)NC)cc1C. The third-order valence-electron chi connectivity index (χ3n) is 1.87. The maximum atomic E-state index is 11.2. The largest absolute Gasteiger partial charge is 0.355 e. The van der Waals surface area contributed by atoms with E-state index in [1.54, 1.807) is 25.2 Å². The Morgan fingerprint density at radius 2 is 2.23 bits per heavy atom. The lowest BCUT2D eigenvalue weighted by Crippen LogP contribution is -2.17. The van der Waals surface area contributed by atoms with Crippen molar-refractivity contribution in [1.82, 2.24) is 5.32 Å². The second kappa shape index (κ2) is 3.77. The average molecular weight is 173 g/mol. The summed E-state index contributed by atoms with van der Waals surface area (Å²) < 4.78 is 0. The lowest BCUT2D eigenvalue weighted by molar-refractivity contribution is 0.0963. The third kappa shape index (κ3) is 1.88. The van der Waals surface area contributed by atoms with Gasteiger partial charge in [0, 0.05) is 18.2 Å². The minimum Gasteiger partial charge on any atom is -0.355 e. The number of hydrogen-bond acceptors (Lipinski definition) is 1. The standard InChI is InChI=1S/C11H11NO/c1-4-9-5-6-10(7-8(9)2)11(13)12-3/h1,5-7H,2-3H3,(H,12,13). The average Bonchev–Trinajstić information content (AvgIpc) is 2.16. The molecule has 1 rings (SSSR count). The lowest BCUT2D eigenvalue weighted by Gasteiger charge is -2.02. The highest BCUT2D eigenvalue weighted by Gasteiger charge is 2.03. The van der Waals surface area contributed by atoms with Crippen LogP contribution in [0.2, 0.25) is 0 Å². The van der Waals surface area contributed by atoms with Crippen LogP contribution >= 0.6 is 0 Å². The first kappa shape index (κ1) is 9.34. The first-order valence-electron chi connectivity index (χ1n) is 3.98. The summed E-state index contributed by atoms with van der Waals surface area (Å²) in [6, 6.07) is 5.29. The Morgan fingerprint density at radius 3 is 2.69 bits per heavy atom. The number of nitrogens with one attached hydrogen (secondary N) is 1. The van der Waals surface area contributed by atoms with Gasteiger partial charge in [0.2, 0.25) is 0 Å². The molecule has 0 bridgehead atoms. The maximum absolute atomic E-state index is 11.2. The minimum atomic E-state index is -0.0910. The van der Waals surface area contributed by atoms with E-state index >= 15 is 0 Å². The Labute approximate surface area is 78.0 Å². The molecule has 1 amide bonds. The Balaban J connectivity index is 3.11. The molecule has 1 aromatic carbocycles. The van der Waals surface area contributed by atoms with Crippen LogP contribution in [0.4, 0.5) is 0 Å². The van der Waals surface area contributed by atoms with Crippen molar-refractivity contribution in [3.63, 3.8) is 0 Å². The van der Waals surface area contributed by atoms with Crippen LogP contribution < -0.4 is 5.32 Å². The van der Waals surface area contributed by atoms with Crippen LogP contribution in [-0.4, -0.2) is 13.0 Å². The summed E-state index contributed by atoms with van der Waals surface area (Å²) >= 11 is 0. The molecular weight excluding hydrogens is 162 g/mol. The van der Waals surface area contributed by atoms with Crippen molar-refractivity contribution in [2.75, 3.05) is 7.05 Å². The van der Waals surface area contributed by atoms with Crippen LogP contribution in [-0.2, 0) is 0 Å². The fourth-order valence-electron chi connectivity index (χ4n) is 1.11. The van der Waals surface area contributed by atoms with E-state index < -0.39 is 0 Å². The second-order valence-corrected chi connectivity index (χ2v) is 2.75. The molecule has 2 heteroatoms. The predicted molar refractivity (Wildman–Crippen MR) is 52.5 cm³/mol. The second-order valence-electron chi connectivity index (χ2n) is 2.75. The molecule has 0 atom stereocenters. The van der Waals surface area contributed by atoms with Gasteiger partial charge >= 0.3 is 0 Å². The van der Waals surface area contributed by atoms with Gasteiger partial charge in [0.15, 0.2) is 0 Å². The summed E-state index contributed by atoms with van der Waals surface area (Å²) in [6.45, 7) is 1.89. The highest BCUT2D eigenvalue weighted by atomic mass is 16.1. The molecule has 0 aliphatic heterocycles. The Kier molecular flexibility index (Phi) is 2.71. The lowest BCUT2D eigenvalue weighted by atomic mass is 10.1. The molecule has 0 unspecified atom stereocenters. The highest BCUT2D eigenvalue weighted by molar-refractivity contribution is 5.94. The first-order valence-corrected chi connectivity index (χ1v) is 3.98. The van der Waals surface area contributed by atoms with Gasteiger partial charge in [0.25, 0.3) is 5.91 Å². The van der Waals surface area contributed by atoms with Crippen LogP contribution in [0.15, 0.2) is 18.2 Å². The van der Waals surface area contributed by atoms with E-state index in [-0.39, 0.29) is 5.91 Å². The van der Waals surface area contributed by atoms with E-state index in [1.165, 1.54) is 0 Å². The van der Waals surface area contributed by atoms with E-state index in [0.29, 0.717) is 5.56 Å². The molecule has 0 heterocycles.